The molecule has 0 aliphatic rings. The molecule has 3 rings (SSSR count). The standard InChI is InChI=1S/C21H23N3O3S/c1-16-5-3-8-19(13-16)27-12-10-22-20(25)15-28-21-23-9-11-24(21)17-6-4-7-18(14-17)26-2/h3-9,11,13-14H,10,12,15H2,1-2H3,(H,22,25). The molecule has 1 heterocycles. The van der Waals surface area contributed by atoms with Gasteiger partial charge in [-0.05, 0) is 36.8 Å². The number of hydrogen-bond acceptors (Lipinski definition) is 5. The Morgan fingerprint density at radius 1 is 1.18 bits per heavy atom. The highest BCUT2D eigenvalue weighted by molar-refractivity contribution is 7.99. The minimum absolute atomic E-state index is 0.0574. The van der Waals surface area contributed by atoms with Gasteiger partial charge in [-0.25, -0.2) is 4.98 Å². The molecule has 0 saturated carbocycles. The quantitative estimate of drug-likeness (QED) is 0.442. The number of carbonyl (C=O) groups excluding carboxylic acids is 1. The van der Waals surface area contributed by atoms with E-state index in [1.54, 1.807) is 13.3 Å². The molecule has 0 aliphatic heterocycles. The minimum atomic E-state index is -0.0574. The molecule has 0 spiro atoms. The number of benzene rings is 2. The minimum Gasteiger partial charge on any atom is -0.497 e. The fourth-order valence-electron chi connectivity index (χ4n) is 2.60. The lowest BCUT2D eigenvalue weighted by atomic mass is 10.2. The van der Waals surface area contributed by atoms with E-state index in [1.165, 1.54) is 11.8 Å². The highest BCUT2D eigenvalue weighted by Crippen LogP contribution is 2.23. The summed E-state index contributed by atoms with van der Waals surface area (Å²) >= 11 is 1.38. The van der Waals surface area contributed by atoms with E-state index in [4.69, 9.17) is 9.47 Å². The Labute approximate surface area is 168 Å². The Kier molecular flexibility index (Phi) is 6.97. The van der Waals surface area contributed by atoms with Crippen molar-refractivity contribution >= 4 is 17.7 Å². The summed E-state index contributed by atoms with van der Waals surface area (Å²) in [7, 11) is 1.63. The van der Waals surface area contributed by atoms with Gasteiger partial charge in [0.05, 0.1) is 25.1 Å². The largest absolute Gasteiger partial charge is 0.497 e. The molecule has 0 bridgehead atoms. The number of ether oxygens (including phenoxy) is 2. The number of carbonyl (C=O) groups is 1. The second kappa shape index (κ2) is 9.85. The molecule has 0 fully saturated rings. The Bertz CT molecular complexity index is 927. The molecule has 1 aromatic heterocycles. The number of amides is 1. The van der Waals surface area contributed by atoms with E-state index in [2.05, 4.69) is 10.3 Å². The van der Waals surface area contributed by atoms with Gasteiger partial charge in [-0.2, -0.15) is 0 Å². The van der Waals surface area contributed by atoms with Crippen molar-refractivity contribution in [3.63, 3.8) is 0 Å². The predicted molar refractivity (Wildman–Crippen MR) is 111 cm³/mol. The Balaban J connectivity index is 1.45. The number of aryl methyl sites for hydroxylation is 1. The number of aromatic nitrogens is 2. The van der Waals surface area contributed by atoms with Crippen LogP contribution in [0.25, 0.3) is 5.69 Å². The summed E-state index contributed by atoms with van der Waals surface area (Å²) in [5, 5.41) is 3.62. The normalized spacial score (nSPS) is 10.5. The molecule has 0 saturated heterocycles. The summed E-state index contributed by atoms with van der Waals surface area (Å²) < 4.78 is 12.8. The van der Waals surface area contributed by atoms with Gasteiger partial charge in [-0.15, -0.1) is 0 Å². The highest BCUT2D eigenvalue weighted by atomic mass is 32.2. The molecule has 0 radical (unpaired) electrons. The lowest BCUT2D eigenvalue weighted by Crippen LogP contribution is -2.29. The maximum absolute atomic E-state index is 12.1. The van der Waals surface area contributed by atoms with Gasteiger partial charge in [0.15, 0.2) is 5.16 Å². The molecular weight excluding hydrogens is 374 g/mol. The monoisotopic (exact) mass is 397 g/mol. The number of hydrogen-bond donors (Lipinski definition) is 1. The van der Waals surface area contributed by atoms with E-state index in [-0.39, 0.29) is 11.7 Å². The van der Waals surface area contributed by atoms with Crippen LogP contribution in [0.2, 0.25) is 0 Å². The van der Waals surface area contributed by atoms with Gasteiger partial charge in [0.1, 0.15) is 18.1 Å². The van der Waals surface area contributed by atoms with Gasteiger partial charge in [-0.1, -0.05) is 30.0 Å². The second-order valence-corrected chi connectivity index (χ2v) is 7.03. The number of methoxy groups -OCH3 is 1. The van der Waals surface area contributed by atoms with E-state index in [1.807, 2.05) is 66.2 Å². The predicted octanol–water partition coefficient (Wildman–Crippen LogP) is 3.48. The number of nitrogens with zero attached hydrogens (tertiary/aromatic N) is 2. The first-order chi connectivity index (χ1) is 13.7. The van der Waals surface area contributed by atoms with Gasteiger partial charge in [0, 0.05) is 18.5 Å². The molecule has 0 unspecified atom stereocenters. The number of rotatable bonds is 9. The Morgan fingerprint density at radius 2 is 2.00 bits per heavy atom. The SMILES string of the molecule is COc1cccc(-n2ccnc2SCC(=O)NCCOc2cccc(C)c2)c1. The second-order valence-electron chi connectivity index (χ2n) is 6.08. The first-order valence-corrected chi connectivity index (χ1v) is 9.91. The molecular formula is C21H23N3O3S. The van der Waals surface area contributed by atoms with Crippen molar-refractivity contribution in [2.75, 3.05) is 26.0 Å². The molecule has 0 aliphatic carbocycles. The van der Waals surface area contributed by atoms with E-state index in [0.717, 1.165) is 27.9 Å². The fraction of sp³-hybridized carbons (Fsp3) is 0.238. The third kappa shape index (κ3) is 5.53. The van der Waals surface area contributed by atoms with E-state index < -0.39 is 0 Å². The highest BCUT2D eigenvalue weighted by Gasteiger charge is 2.09. The summed E-state index contributed by atoms with van der Waals surface area (Å²) in [6, 6.07) is 15.5. The zero-order chi connectivity index (χ0) is 19.8. The van der Waals surface area contributed by atoms with Crippen LogP contribution in [0.4, 0.5) is 0 Å². The molecule has 1 amide bonds. The average Bonchev–Trinajstić information content (AvgIpc) is 3.18. The topological polar surface area (TPSA) is 65.4 Å². The number of imidazole rings is 1. The Morgan fingerprint density at radius 3 is 2.82 bits per heavy atom. The summed E-state index contributed by atoms with van der Waals surface area (Å²) in [6.07, 6.45) is 3.58. The van der Waals surface area contributed by atoms with Crippen molar-refractivity contribution in [2.24, 2.45) is 0 Å². The molecule has 1 N–H and O–H groups in total. The average molecular weight is 398 g/mol. The maximum Gasteiger partial charge on any atom is 0.230 e. The van der Waals surface area contributed by atoms with Gasteiger partial charge < -0.3 is 14.8 Å². The van der Waals surface area contributed by atoms with Crippen molar-refractivity contribution in [3.05, 3.63) is 66.5 Å². The molecule has 7 heteroatoms. The molecule has 28 heavy (non-hydrogen) atoms. The zero-order valence-electron chi connectivity index (χ0n) is 15.9. The van der Waals surface area contributed by atoms with Gasteiger partial charge >= 0.3 is 0 Å². The zero-order valence-corrected chi connectivity index (χ0v) is 16.7. The molecule has 0 atom stereocenters. The summed E-state index contributed by atoms with van der Waals surface area (Å²) in [5.74, 6) is 1.81. The van der Waals surface area contributed by atoms with Crippen LogP contribution in [-0.4, -0.2) is 41.5 Å². The molecule has 2 aromatic carbocycles. The van der Waals surface area contributed by atoms with Crippen molar-refractivity contribution in [1.29, 1.82) is 0 Å². The van der Waals surface area contributed by atoms with Crippen LogP contribution in [0.1, 0.15) is 5.56 Å². The first kappa shape index (κ1) is 19.8. The van der Waals surface area contributed by atoms with E-state index in [0.29, 0.717) is 13.2 Å². The fourth-order valence-corrected chi connectivity index (χ4v) is 3.40. The van der Waals surface area contributed by atoms with Crippen LogP contribution in [0.5, 0.6) is 11.5 Å². The van der Waals surface area contributed by atoms with Gasteiger partial charge in [0.2, 0.25) is 5.91 Å². The van der Waals surface area contributed by atoms with Crippen LogP contribution < -0.4 is 14.8 Å². The lowest BCUT2D eigenvalue weighted by molar-refractivity contribution is -0.118. The van der Waals surface area contributed by atoms with Crippen LogP contribution in [-0.2, 0) is 4.79 Å². The third-order valence-corrected chi connectivity index (χ3v) is 4.92. The van der Waals surface area contributed by atoms with Crippen LogP contribution in [0.15, 0.2) is 66.1 Å². The van der Waals surface area contributed by atoms with Gasteiger partial charge in [0.25, 0.3) is 0 Å². The van der Waals surface area contributed by atoms with Crippen molar-refractivity contribution in [3.8, 4) is 17.2 Å². The van der Waals surface area contributed by atoms with Crippen molar-refractivity contribution < 1.29 is 14.3 Å². The van der Waals surface area contributed by atoms with E-state index in [9.17, 15) is 4.79 Å². The molecule has 3 aromatic rings. The van der Waals surface area contributed by atoms with Gasteiger partial charge in [-0.3, -0.25) is 9.36 Å². The van der Waals surface area contributed by atoms with E-state index >= 15 is 0 Å². The summed E-state index contributed by atoms with van der Waals surface area (Å²) in [4.78, 5) is 16.5. The molecule has 146 valence electrons. The van der Waals surface area contributed by atoms with Crippen LogP contribution in [0, 0.1) is 6.92 Å². The van der Waals surface area contributed by atoms with Crippen molar-refractivity contribution in [2.45, 2.75) is 12.1 Å². The Hall–Kier alpha value is -2.93. The summed E-state index contributed by atoms with van der Waals surface area (Å²) in [6.45, 7) is 2.90. The number of thioether (sulfide) groups is 1. The first-order valence-electron chi connectivity index (χ1n) is 8.92. The smallest absolute Gasteiger partial charge is 0.230 e. The van der Waals surface area contributed by atoms with Crippen LogP contribution >= 0.6 is 11.8 Å². The number of nitrogens with one attached hydrogen (secondary N) is 1. The van der Waals surface area contributed by atoms with Crippen molar-refractivity contribution in [1.82, 2.24) is 14.9 Å². The maximum atomic E-state index is 12.1. The van der Waals surface area contributed by atoms with Crippen LogP contribution in [0.3, 0.4) is 0 Å². The third-order valence-electron chi connectivity index (χ3n) is 3.95. The summed E-state index contributed by atoms with van der Waals surface area (Å²) in [5.41, 5.74) is 2.08. The lowest BCUT2D eigenvalue weighted by Gasteiger charge is -2.10. The molecule has 6 nitrogen and oxygen atoms in total.